The quantitative estimate of drug-likeness (QED) is 0.418. The fraction of sp³-hybridized carbons (Fsp3) is 0.500. The number of carbonyl (C=O) groups is 1. The van der Waals surface area contributed by atoms with Crippen molar-refractivity contribution in [1.29, 1.82) is 0 Å². The van der Waals surface area contributed by atoms with Crippen LogP contribution >= 0.6 is 0 Å². The summed E-state index contributed by atoms with van der Waals surface area (Å²) in [6, 6.07) is 4.61. The van der Waals surface area contributed by atoms with Crippen LogP contribution in [0, 0.1) is 0 Å². The van der Waals surface area contributed by atoms with Gasteiger partial charge >= 0.3 is 6.18 Å². The molecule has 0 saturated heterocycles. The Balaban J connectivity index is 2.73. The number of carbonyl (C=O) groups excluding carboxylic acids is 1. The number of nitrogens with two attached hydrogens (primary N) is 1. The van der Waals surface area contributed by atoms with Gasteiger partial charge in [0.05, 0.1) is 18.2 Å². The Morgan fingerprint density at radius 1 is 1.29 bits per heavy atom. The molecule has 7 heteroatoms. The summed E-state index contributed by atoms with van der Waals surface area (Å²) in [5, 5.41) is 0. The van der Waals surface area contributed by atoms with Crippen LogP contribution in [0.5, 0.6) is 0 Å². The summed E-state index contributed by atoms with van der Waals surface area (Å²) < 4.78 is 37.6. The van der Waals surface area contributed by atoms with Crippen LogP contribution < -0.4 is 11.2 Å². The van der Waals surface area contributed by atoms with Crippen LogP contribution in [0.2, 0.25) is 0 Å². The minimum atomic E-state index is -4.35. The van der Waals surface area contributed by atoms with E-state index in [1.54, 1.807) is 0 Å². The molecule has 1 aromatic carbocycles. The lowest BCUT2D eigenvalue weighted by Crippen LogP contribution is -2.25. The van der Waals surface area contributed by atoms with Gasteiger partial charge in [0.2, 0.25) is 0 Å². The van der Waals surface area contributed by atoms with Crippen molar-refractivity contribution < 1.29 is 22.8 Å². The van der Waals surface area contributed by atoms with Crippen molar-refractivity contribution in [2.24, 2.45) is 5.73 Å². The highest BCUT2D eigenvalue weighted by Crippen LogP contribution is 2.30. The molecule has 0 bridgehead atoms. The lowest BCUT2D eigenvalue weighted by atomic mass is 10.0. The molecule has 0 saturated carbocycles. The summed E-state index contributed by atoms with van der Waals surface area (Å²) in [4.78, 5) is 15.5. The van der Waals surface area contributed by atoms with Crippen LogP contribution in [0.1, 0.15) is 36.4 Å². The minimum Gasteiger partial charge on any atom is -0.328 e. The summed E-state index contributed by atoms with van der Waals surface area (Å²) in [6.45, 7) is 0.631. The number of hydrogen-bond acceptors (Lipinski definition) is 4. The maximum atomic E-state index is 12.5. The first-order valence-electron chi connectivity index (χ1n) is 6.67. The smallest absolute Gasteiger partial charge is 0.328 e. The lowest BCUT2D eigenvalue weighted by Gasteiger charge is -2.19. The molecule has 0 aliphatic heterocycles. The number of nitrogens with one attached hydrogen (secondary N) is 1. The number of alkyl halides is 3. The Morgan fingerprint density at radius 3 is 2.48 bits per heavy atom. The number of unbranched alkanes of at least 4 members (excludes halogenated alkanes) is 1. The molecule has 0 amide bonds. The molecule has 3 N–H and O–H groups in total. The van der Waals surface area contributed by atoms with Crippen LogP contribution in [0.3, 0.4) is 0 Å². The molecule has 1 rings (SSSR count). The van der Waals surface area contributed by atoms with Crippen molar-refractivity contribution >= 4 is 6.29 Å². The van der Waals surface area contributed by atoms with E-state index < -0.39 is 11.7 Å². The van der Waals surface area contributed by atoms with Crippen LogP contribution in [0.4, 0.5) is 13.2 Å². The molecule has 0 radical (unpaired) electrons. The molecular weight excluding hydrogens is 285 g/mol. The zero-order chi connectivity index (χ0) is 15.7. The third kappa shape index (κ3) is 6.24. The molecule has 0 spiro atoms. The Labute approximate surface area is 121 Å². The lowest BCUT2D eigenvalue weighted by molar-refractivity contribution is -0.137. The van der Waals surface area contributed by atoms with Gasteiger partial charge in [-0.15, -0.1) is 0 Å². The molecule has 0 aliphatic carbocycles. The molecule has 1 atom stereocenters. The van der Waals surface area contributed by atoms with Gasteiger partial charge in [-0.2, -0.15) is 18.7 Å². The average Bonchev–Trinajstić information content (AvgIpc) is 2.45. The highest BCUT2D eigenvalue weighted by atomic mass is 19.4. The van der Waals surface area contributed by atoms with Crippen molar-refractivity contribution in [3.05, 3.63) is 35.4 Å². The predicted octanol–water partition coefficient (Wildman–Crippen LogP) is 2.60. The third-order valence-corrected chi connectivity index (χ3v) is 2.90. The highest BCUT2D eigenvalue weighted by molar-refractivity contribution is 5.49. The van der Waals surface area contributed by atoms with E-state index in [1.807, 2.05) is 0 Å². The topological polar surface area (TPSA) is 64.3 Å². The Bertz CT molecular complexity index is 421. The molecule has 1 unspecified atom stereocenters. The van der Waals surface area contributed by atoms with Gasteiger partial charge in [0.25, 0.3) is 0 Å². The molecule has 0 heterocycles. The normalized spacial score (nSPS) is 13.1. The first-order chi connectivity index (χ1) is 9.99. The number of benzene rings is 1. The maximum absolute atomic E-state index is 12.5. The molecular formula is C14H19F3N2O2. The number of hydroxylamine groups is 1. The van der Waals surface area contributed by atoms with Gasteiger partial charge in [-0.05, 0) is 30.5 Å². The Morgan fingerprint density at radius 2 is 1.95 bits per heavy atom. The second-order valence-electron chi connectivity index (χ2n) is 4.52. The molecule has 0 aliphatic rings. The van der Waals surface area contributed by atoms with E-state index in [2.05, 4.69) is 5.48 Å². The molecule has 118 valence electrons. The predicted molar refractivity (Wildman–Crippen MR) is 72.2 cm³/mol. The molecule has 0 fully saturated rings. The summed E-state index contributed by atoms with van der Waals surface area (Å²) >= 11 is 0. The molecule has 1 aromatic rings. The van der Waals surface area contributed by atoms with E-state index in [0.717, 1.165) is 18.4 Å². The standard InChI is InChI=1S/C14H19F3N2O2/c15-14(16,17)12-6-4-11(5-7-12)13(3-1-2-9-20)19-21-10-8-18/h4-7,9,13,19H,1-3,8,10,18H2. The second kappa shape index (κ2) is 8.76. The van der Waals surface area contributed by atoms with Gasteiger partial charge in [0.15, 0.2) is 0 Å². The van der Waals surface area contributed by atoms with Crippen LogP contribution in [0.25, 0.3) is 0 Å². The first-order valence-corrected chi connectivity index (χ1v) is 6.67. The molecule has 0 aromatic heterocycles. The zero-order valence-electron chi connectivity index (χ0n) is 11.5. The first kappa shape index (κ1) is 17.6. The Kier molecular flexibility index (Phi) is 7.35. The number of halogens is 3. The van der Waals surface area contributed by atoms with E-state index in [9.17, 15) is 18.0 Å². The van der Waals surface area contributed by atoms with Gasteiger partial charge in [0, 0.05) is 13.0 Å². The SMILES string of the molecule is NCCONC(CCCC=O)c1ccc(C(F)(F)F)cc1. The van der Waals surface area contributed by atoms with Gasteiger partial charge in [-0.1, -0.05) is 12.1 Å². The Hall–Kier alpha value is -1.44. The van der Waals surface area contributed by atoms with Crippen LogP contribution in [0.15, 0.2) is 24.3 Å². The number of aldehydes is 1. The van der Waals surface area contributed by atoms with Crippen molar-refractivity contribution in [3.63, 3.8) is 0 Å². The van der Waals surface area contributed by atoms with Crippen LogP contribution in [-0.2, 0) is 15.8 Å². The minimum absolute atomic E-state index is 0.279. The summed E-state index contributed by atoms with van der Waals surface area (Å²) in [7, 11) is 0. The van der Waals surface area contributed by atoms with E-state index in [-0.39, 0.29) is 6.04 Å². The summed E-state index contributed by atoms with van der Waals surface area (Å²) in [6.07, 6.45) is -1.95. The van der Waals surface area contributed by atoms with Crippen molar-refractivity contribution in [1.82, 2.24) is 5.48 Å². The zero-order valence-corrected chi connectivity index (χ0v) is 11.5. The van der Waals surface area contributed by atoms with E-state index in [1.165, 1.54) is 12.1 Å². The van der Waals surface area contributed by atoms with Crippen molar-refractivity contribution in [2.75, 3.05) is 13.2 Å². The molecule has 4 nitrogen and oxygen atoms in total. The van der Waals surface area contributed by atoms with Gasteiger partial charge < -0.3 is 10.5 Å². The van der Waals surface area contributed by atoms with Crippen molar-refractivity contribution in [2.45, 2.75) is 31.5 Å². The largest absolute Gasteiger partial charge is 0.416 e. The molecule has 21 heavy (non-hydrogen) atoms. The number of rotatable bonds is 9. The van der Waals surface area contributed by atoms with E-state index >= 15 is 0 Å². The van der Waals surface area contributed by atoms with E-state index in [0.29, 0.717) is 38.0 Å². The fourth-order valence-corrected chi connectivity index (χ4v) is 1.82. The van der Waals surface area contributed by atoms with Crippen LogP contribution in [-0.4, -0.2) is 19.4 Å². The van der Waals surface area contributed by atoms with Crippen molar-refractivity contribution in [3.8, 4) is 0 Å². The highest BCUT2D eigenvalue weighted by Gasteiger charge is 2.30. The van der Waals surface area contributed by atoms with Gasteiger partial charge in [0.1, 0.15) is 6.29 Å². The van der Waals surface area contributed by atoms with E-state index in [4.69, 9.17) is 10.6 Å². The van der Waals surface area contributed by atoms with Gasteiger partial charge in [-0.25, -0.2) is 0 Å². The average molecular weight is 304 g/mol. The fourth-order valence-electron chi connectivity index (χ4n) is 1.82. The monoisotopic (exact) mass is 304 g/mol. The number of hydrogen-bond donors (Lipinski definition) is 2. The van der Waals surface area contributed by atoms with Gasteiger partial charge in [-0.3, -0.25) is 4.84 Å². The third-order valence-electron chi connectivity index (χ3n) is 2.90. The summed E-state index contributed by atoms with van der Waals surface area (Å²) in [5.74, 6) is 0. The summed E-state index contributed by atoms with van der Waals surface area (Å²) in [5.41, 5.74) is 8.06. The maximum Gasteiger partial charge on any atom is 0.416 e. The second-order valence-corrected chi connectivity index (χ2v) is 4.52.